The molecule has 1 unspecified atom stereocenters. The van der Waals surface area contributed by atoms with Crippen molar-refractivity contribution in [3.05, 3.63) is 89.5 Å². The van der Waals surface area contributed by atoms with E-state index in [4.69, 9.17) is 18.9 Å². The Morgan fingerprint density at radius 3 is 2.24 bits per heavy atom. The van der Waals surface area contributed by atoms with Crippen molar-refractivity contribution < 1.29 is 33.6 Å². The van der Waals surface area contributed by atoms with Crippen LogP contribution in [-0.4, -0.2) is 24.2 Å². The third-order valence-electron chi connectivity index (χ3n) is 4.73. The molecule has 3 rings (SSSR count). The number of ether oxygens (including phenoxy) is 4. The molecule has 176 valence electrons. The van der Waals surface area contributed by atoms with E-state index >= 15 is 0 Å². The van der Waals surface area contributed by atoms with Crippen molar-refractivity contribution in [3.63, 3.8) is 0 Å². The highest BCUT2D eigenvalue weighted by Gasteiger charge is 2.15. The standard InChI is InChI=1S/C27H26O7/c1-18(28)33-23-12-13-24(27(16-23)32-17-20-7-5-4-6-8-20)25(30)14-10-21-9-11-22(31-3)15-26(21)34-19(2)29/h4-16,25,30H,17H2,1-3H3. The van der Waals surface area contributed by atoms with Gasteiger partial charge in [0.15, 0.2) is 0 Å². The van der Waals surface area contributed by atoms with E-state index in [2.05, 4.69) is 0 Å². The van der Waals surface area contributed by atoms with Gasteiger partial charge in [-0.2, -0.15) is 0 Å². The Balaban J connectivity index is 1.88. The minimum Gasteiger partial charge on any atom is -0.497 e. The topological polar surface area (TPSA) is 91.3 Å². The zero-order valence-electron chi connectivity index (χ0n) is 19.2. The first kappa shape index (κ1) is 24.5. The first-order valence-corrected chi connectivity index (χ1v) is 10.6. The number of rotatable bonds is 9. The Bertz CT molecular complexity index is 1170. The van der Waals surface area contributed by atoms with Crippen molar-refractivity contribution >= 4 is 18.0 Å². The van der Waals surface area contributed by atoms with E-state index in [-0.39, 0.29) is 6.61 Å². The largest absolute Gasteiger partial charge is 0.497 e. The molecule has 0 aliphatic rings. The van der Waals surface area contributed by atoms with Crippen LogP contribution in [0, 0.1) is 0 Å². The Labute approximate surface area is 198 Å². The van der Waals surface area contributed by atoms with Crippen LogP contribution in [-0.2, 0) is 16.2 Å². The maximum absolute atomic E-state index is 11.5. The van der Waals surface area contributed by atoms with E-state index in [0.29, 0.717) is 34.1 Å². The van der Waals surface area contributed by atoms with E-state index in [0.717, 1.165) is 5.56 Å². The molecule has 0 aliphatic carbocycles. The number of carbonyl (C=O) groups is 2. The molecule has 0 amide bonds. The zero-order valence-corrected chi connectivity index (χ0v) is 19.2. The quantitative estimate of drug-likeness (QED) is 0.358. The van der Waals surface area contributed by atoms with E-state index < -0.39 is 18.0 Å². The molecule has 7 heteroatoms. The van der Waals surface area contributed by atoms with Crippen molar-refractivity contribution in [1.82, 2.24) is 0 Å². The van der Waals surface area contributed by atoms with Gasteiger partial charge in [-0.05, 0) is 29.8 Å². The van der Waals surface area contributed by atoms with Crippen LogP contribution >= 0.6 is 0 Å². The van der Waals surface area contributed by atoms with Crippen molar-refractivity contribution in [3.8, 4) is 23.0 Å². The van der Waals surface area contributed by atoms with Gasteiger partial charge in [-0.15, -0.1) is 0 Å². The highest BCUT2D eigenvalue weighted by molar-refractivity contribution is 5.72. The molecule has 34 heavy (non-hydrogen) atoms. The second-order valence-corrected chi connectivity index (χ2v) is 7.37. The van der Waals surface area contributed by atoms with Crippen LogP contribution in [0.4, 0.5) is 0 Å². The molecule has 0 heterocycles. The lowest BCUT2D eigenvalue weighted by Crippen LogP contribution is -2.05. The van der Waals surface area contributed by atoms with Crippen LogP contribution in [0.5, 0.6) is 23.0 Å². The number of aliphatic hydroxyl groups excluding tert-OH is 1. The van der Waals surface area contributed by atoms with Crippen molar-refractivity contribution in [2.45, 2.75) is 26.6 Å². The number of methoxy groups -OCH3 is 1. The number of esters is 2. The van der Waals surface area contributed by atoms with Crippen molar-refractivity contribution in [2.24, 2.45) is 0 Å². The average molecular weight is 462 g/mol. The molecule has 1 atom stereocenters. The third-order valence-corrected chi connectivity index (χ3v) is 4.73. The monoisotopic (exact) mass is 462 g/mol. The Morgan fingerprint density at radius 1 is 0.882 bits per heavy atom. The fourth-order valence-corrected chi connectivity index (χ4v) is 3.17. The molecule has 0 bridgehead atoms. The predicted molar refractivity (Wildman–Crippen MR) is 127 cm³/mol. The molecule has 0 saturated heterocycles. The van der Waals surface area contributed by atoms with Crippen molar-refractivity contribution in [2.75, 3.05) is 7.11 Å². The van der Waals surface area contributed by atoms with Gasteiger partial charge in [0.05, 0.1) is 7.11 Å². The Kier molecular flexibility index (Phi) is 8.43. The molecular formula is C27H26O7. The second-order valence-electron chi connectivity index (χ2n) is 7.37. The fourth-order valence-electron chi connectivity index (χ4n) is 3.17. The Morgan fingerprint density at radius 2 is 1.56 bits per heavy atom. The summed E-state index contributed by atoms with van der Waals surface area (Å²) in [7, 11) is 1.52. The summed E-state index contributed by atoms with van der Waals surface area (Å²) in [5.41, 5.74) is 2.00. The van der Waals surface area contributed by atoms with Crippen LogP contribution in [0.1, 0.15) is 36.6 Å². The van der Waals surface area contributed by atoms with Gasteiger partial charge in [-0.25, -0.2) is 0 Å². The summed E-state index contributed by atoms with van der Waals surface area (Å²) in [5.74, 6) is 0.589. The molecule has 7 nitrogen and oxygen atoms in total. The van der Waals surface area contributed by atoms with Crippen LogP contribution in [0.2, 0.25) is 0 Å². The molecular weight excluding hydrogens is 436 g/mol. The smallest absolute Gasteiger partial charge is 0.308 e. The lowest BCUT2D eigenvalue weighted by molar-refractivity contribution is -0.132. The highest BCUT2D eigenvalue weighted by Crippen LogP contribution is 2.33. The van der Waals surface area contributed by atoms with Crippen LogP contribution in [0.15, 0.2) is 72.8 Å². The molecule has 0 saturated carbocycles. The number of hydrogen-bond donors (Lipinski definition) is 1. The number of aliphatic hydroxyl groups is 1. The highest BCUT2D eigenvalue weighted by atomic mass is 16.5. The van der Waals surface area contributed by atoms with E-state index in [1.807, 2.05) is 30.3 Å². The summed E-state index contributed by atoms with van der Waals surface area (Å²) in [6.45, 7) is 2.89. The molecule has 0 aromatic heterocycles. The van der Waals surface area contributed by atoms with Gasteiger partial charge in [0.1, 0.15) is 35.7 Å². The lowest BCUT2D eigenvalue weighted by atomic mass is 10.1. The summed E-state index contributed by atoms with van der Waals surface area (Å²) in [4.78, 5) is 22.8. The average Bonchev–Trinajstić information content (AvgIpc) is 2.81. The summed E-state index contributed by atoms with van der Waals surface area (Å²) in [6, 6.07) is 19.4. The summed E-state index contributed by atoms with van der Waals surface area (Å²) in [6.07, 6.45) is 2.14. The molecule has 0 fully saturated rings. The maximum atomic E-state index is 11.5. The van der Waals surface area contributed by atoms with E-state index in [1.165, 1.54) is 21.0 Å². The van der Waals surface area contributed by atoms with Gasteiger partial charge in [-0.1, -0.05) is 42.5 Å². The number of benzene rings is 3. The molecule has 0 radical (unpaired) electrons. The van der Waals surface area contributed by atoms with Gasteiger partial charge in [0, 0.05) is 37.1 Å². The molecule has 3 aromatic carbocycles. The molecule has 0 aliphatic heterocycles. The van der Waals surface area contributed by atoms with Crippen molar-refractivity contribution in [1.29, 1.82) is 0 Å². The zero-order chi connectivity index (χ0) is 24.5. The minimum absolute atomic E-state index is 0.267. The first-order valence-electron chi connectivity index (χ1n) is 10.6. The first-order chi connectivity index (χ1) is 16.4. The second kappa shape index (κ2) is 11.7. The summed E-state index contributed by atoms with van der Waals surface area (Å²) < 4.78 is 21.6. The minimum atomic E-state index is -1.05. The number of hydrogen-bond acceptors (Lipinski definition) is 7. The maximum Gasteiger partial charge on any atom is 0.308 e. The fraction of sp³-hybridized carbons (Fsp3) is 0.185. The Hall–Kier alpha value is -4.10. The van der Waals surface area contributed by atoms with Gasteiger partial charge in [0.25, 0.3) is 0 Å². The third kappa shape index (κ3) is 6.95. The summed E-state index contributed by atoms with van der Waals surface area (Å²) >= 11 is 0. The SMILES string of the molecule is COc1ccc(C=CC(O)c2ccc(OC(C)=O)cc2OCc2ccccc2)c(OC(C)=O)c1. The number of carbonyl (C=O) groups excluding carboxylic acids is 2. The van der Waals surface area contributed by atoms with E-state index in [9.17, 15) is 14.7 Å². The normalized spacial score (nSPS) is 11.6. The van der Waals surface area contributed by atoms with Gasteiger partial charge < -0.3 is 24.1 Å². The molecule has 1 N–H and O–H groups in total. The van der Waals surface area contributed by atoms with Gasteiger partial charge >= 0.3 is 11.9 Å². The van der Waals surface area contributed by atoms with Gasteiger partial charge in [-0.3, -0.25) is 9.59 Å². The van der Waals surface area contributed by atoms with Crippen LogP contribution in [0.25, 0.3) is 6.08 Å². The van der Waals surface area contributed by atoms with Gasteiger partial charge in [0.2, 0.25) is 0 Å². The molecule has 0 spiro atoms. The predicted octanol–water partition coefficient (Wildman–Crippen LogP) is 4.87. The van der Waals surface area contributed by atoms with E-state index in [1.54, 1.807) is 48.6 Å². The van der Waals surface area contributed by atoms with Crippen LogP contribution in [0.3, 0.4) is 0 Å². The summed E-state index contributed by atoms with van der Waals surface area (Å²) in [5, 5.41) is 10.9. The molecule has 3 aromatic rings. The van der Waals surface area contributed by atoms with Crippen LogP contribution < -0.4 is 18.9 Å². The lowest BCUT2D eigenvalue weighted by Gasteiger charge is -2.16.